The molecule has 2 unspecified atom stereocenters. The molecule has 0 aromatic heterocycles. The lowest BCUT2D eigenvalue weighted by molar-refractivity contribution is -0.00255. The van der Waals surface area contributed by atoms with E-state index in [9.17, 15) is 0 Å². The highest BCUT2D eigenvalue weighted by Gasteiger charge is 2.36. The molecule has 0 radical (unpaired) electrons. The molecule has 2 atom stereocenters. The fraction of sp³-hybridized carbons (Fsp3) is 0.625. The van der Waals surface area contributed by atoms with Gasteiger partial charge in [0.1, 0.15) is 0 Å². The summed E-state index contributed by atoms with van der Waals surface area (Å²) in [7, 11) is 2.10. The third-order valence-electron chi connectivity index (χ3n) is 4.62. The number of likely N-dealkylation sites (N-methyl/N-ethyl adjacent to an activating group) is 1. The van der Waals surface area contributed by atoms with Crippen LogP contribution < -0.4 is 5.32 Å². The number of nitrogens with one attached hydrogen (secondary N) is 1. The summed E-state index contributed by atoms with van der Waals surface area (Å²) in [6.07, 6.45) is 0. The Morgan fingerprint density at radius 2 is 1.68 bits per heavy atom. The van der Waals surface area contributed by atoms with Crippen molar-refractivity contribution in [2.24, 2.45) is 0 Å². The minimum atomic E-state index is 0.446. The topological polar surface area (TPSA) is 18.5 Å². The van der Waals surface area contributed by atoms with Gasteiger partial charge < -0.3 is 5.32 Å². The number of piperazine rings is 3. The second-order valence-corrected chi connectivity index (χ2v) is 6.09. The van der Waals surface area contributed by atoms with Crippen molar-refractivity contribution in [1.29, 1.82) is 0 Å². The average molecular weight is 259 g/mol. The average Bonchev–Trinajstić information content (AvgIpc) is 2.40. The smallest absolute Gasteiger partial charge is 0.0488 e. The van der Waals surface area contributed by atoms with E-state index in [1.54, 1.807) is 0 Å². The van der Waals surface area contributed by atoms with Crippen LogP contribution in [-0.2, 0) is 0 Å². The van der Waals surface area contributed by atoms with E-state index in [1.165, 1.54) is 49.4 Å². The SMILES string of the molecule is CNC(c1cc(C)cc(C)c1)C1CN2CCN1CC2. The highest BCUT2D eigenvalue weighted by molar-refractivity contribution is 5.32. The van der Waals surface area contributed by atoms with Crippen LogP contribution in [0.5, 0.6) is 0 Å². The maximum absolute atomic E-state index is 3.56. The molecule has 2 bridgehead atoms. The molecule has 4 rings (SSSR count). The monoisotopic (exact) mass is 259 g/mol. The Labute approximate surface area is 116 Å². The summed E-state index contributed by atoms with van der Waals surface area (Å²) in [6, 6.07) is 8.00. The van der Waals surface area contributed by atoms with Crippen LogP contribution in [0.2, 0.25) is 0 Å². The first kappa shape index (κ1) is 13.1. The molecule has 0 spiro atoms. The number of rotatable bonds is 3. The van der Waals surface area contributed by atoms with Gasteiger partial charge in [-0.3, -0.25) is 9.80 Å². The highest BCUT2D eigenvalue weighted by Crippen LogP contribution is 2.28. The van der Waals surface area contributed by atoms with E-state index in [4.69, 9.17) is 0 Å². The molecule has 0 amide bonds. The number of nitrogens with zero attached hydrogens (tertiary/aromatic N) is 2. The second kappa shape index (κ2) is 5.23. The number of hydrogen-bond acceptors (Lipinski definition) is 3. The first-order chi connectivity index (χ1) is 9.17. The first-order valence-electron chi connectivity index (χ1n) is 7.39. The van der Waals surface area contributed by atoms with Crippen molar-refractivity contribution >= 4 is 0 Å². The van der Waals surface area contributed by atoms with Crippen molar-refractivity contribution < 1.29 is 0 Å². The van der Waals surface area contributed by atoms with E-state index < -0.39 is 0 Å². The minimum absolute atomic E-state index is 0.446. The van der Waals surface area contributed by atoms with Gasteiger partial charge in [-0.05, 0) is 26.5 Å². The van der Waals surface area contributed by atoms with Crippen LogP contribution in [0.1, 0.15) is 22.7 Å². The van der Waals surface area contributed by atoms with Crippen LogP contribution in [0.3, 0.4) is 0 Å². The van der Waals surface area contributed by atoms with Gasteiger partial charge in [0.05, 0.1) is 0 Å². The van der Waals surface area contributed by atoms with Gasteiger partial charge in [0, 0.05) is 44.8 Å². The number of hydrogen-bond donors (Lipinski definition) is 1. The summed E-state index contributed by atoms with van der Waals surface area (Å²) in [5.41, 5.74) is 4.18. The zero-order valence-electron chi connectivity index (χ0n) is 12.3. The fourth-order valence-electron chi connectivity index (χ4n) is 3.74. The second-order valence-electron chi connectivity index (χ2n) is 6.09. The van der Waals surface area contributed by atoms with Crippen LogP contribution in [0.25, 0.3) is 0 Å². The van der Waals surface area contributed by atoms with Crippen molar-refractivity contribution in [3.05, 3.63) is 34.9 Å². The molecule has 3 saturated heterocycles. The third kappa shape index (κ3) is 2.55. The van der Waals surface area contributed by atoms with Gasteiger partial charge in [-0.15, -0.1) is 0 Å². The quantitative estimate of drug-likeness (QED) is 0.889. The standard InChI is InChI=1S/C16H25N3/c1-12-8-13(2)10-14(9-12)16(17-3)15-11-18-4-6-19(15)7-5-18/h8-10,15-17H,4-7,11H2,1-3H3. The van der Waals surface area contributed by atoms with Crippen molar-refractivity contribution in [3.63, 3.8) is 0 Å². The Hall–Kier alpha value is -0.900. The predicted octanol–water partition coefficient (Wildman–Crippen LogP) is 1.56. The van der Waals surface area contributed by atoms with Crippen LogP contribution in [0.15, 0.2) is 18.2 Å². The summed E-state index contributed by atoms with van der Waals surface area (Å²) >= 11 is 0. The molecule has 3 heterocycles. The molecule has 19 heavy (non-hydrogen) atoms. The van der Waals surface area contributed by atoms with Crippen LogP contribution >= 0.6 is 0 Å². The van der Waals surface area contributed by atoms with E-state index in [2.05, 4.69) is 54.2 Å². The Kier molecular flexibility index (Phi) is 3.61. The van der Waals surface area contributed by atoms with Crippen LogP contribution in [-0.4, -0.2) is 55.6 Å². The van der Waals surface area contributed by atoms with Gasteiger partial charge in [0.15, 0.2) is 0 Å². The number of aryl methyl sites for hydroxylation is 2. The lowest BCUT2D eigenvalue weighted by Crippen LogP contribution is -2.63. The highest BCUT2D eigenvalue weighted by atomic mass is 15.4. The Balaban J connectivity index is 1.87. The van der Waals surface area contributed by atoms with Gasteiger partial charge >= 0.3 is 0 Å². The van der Waals surface area contributed by atoms with Gasteiger partial charge in [-0.2, -0.15) is 0 Å². The Morgan fingerprint density at radius 1 is 1.05 bits per heavy atom. The molecule has 1 N–H and O–H groups in total. The van der Waals surface area contributed by atoms with Crippen molar-refractivity contribution in [2.75, 3.05) is 39.8 Å². The molecule has 3 heteroatoms. The number of fused-ring (bicyclic) bond motifs is 3. The molecule has 0 saturated carbocycles. The minimum Gasteiger partial charge on any atom is -0.312 e. The van der Waals surface area contributed by atoms with Crippen molar-refractivity contribution in [1.82, 2.24) is 15.1 Å². The molecule has 104 valence electrons. The molecule has 0 aliphatic carbocycles. The Bertz CT molecular complexity index is 429. The number of benzene rings is 1. The maximum atomic E-state index is 3.56. The molecule has 1 aromatic rings. The summed E-state index contributed by atoms with van der Waals surface area (Å²) in [5.74, 6) is 0. The van der Waals surface area contributed by atoms with E-state index in [0.29, 0.717) is 12.1 Å². The maximum Gasteiger partial charge on any atom is 0.0488 e. The van der Waals surface area contributed by atoms with E-state index in [0.717, 1.165) is 0 Å². The molecule has 3 aliphatic heterocycles. The van der Waals surface area contributed by atoms with E-state index in [1.807, 2.05) is 0 Å². The lowest BCUT2D eigenvalue weighted by atomic mass is 9.92. The van der Waals surface area contributed by atoms with E-state index in [-0.39, 0.29) is 0 Å². The summed E-state index contributed by atoms with van der Waals surface area (Å²) in [6.45, 7) is 10.6. The van der Waals surface area contributed by atoms with Gasteiger partial charge in [-0.1, -0.05) is 29.3 Å². The molecular formula is C16H25N3. The first-order valence-corrected chi connectivity index (χ1v) is 7.39. The van der Waals surface area contributed by atoms with Crippen molar-refractivity contribution in [2.45, 2.75) is 25.9 Å². The van der Waals surface area contributed by atoms with Gasteiger partial charge in [0.2, 0.25) is 0 Å². The summed E-state index contributed by atoms with van der Waals surface area (Å²) in [5, 5.41) is 3.56. The lowest BCUT2D eigenvalue weighted by Gasteiger charge is -2.50. The predicted molar refractivity (Wildman–Crippen MR) is 79.5 cm³/mol. The molecule has 3 nitrogen and oxygen atoms in total. The molecule has 3 fully saturated rings. The fourth-order valence-corrected chi connectivity index (χ4v) is 3.74. The third-order valence-corrected chi connectivity index (χ3v) is 4.62. The zero-order chi connectivity index (χ0) is 13.4. The van der Waals surface area contributed by atoms with Crippen LogP contribution in [0.4, 0.5) is 0 Å². The molecule has 3 aliphatic rings. The van der Waals surface area contributed by atoms with E-state index >= 15 is 0 Å². The van der Waals surface area contributed by atoms with Crippen LogP contribution in [0, 0.1) is 13.8 Å². The van der Waals surface area contributed by atoms with Gasteiger partial charge in [-0.25, -0.2) is 0 Å². The van der Waals surface area contributed by atoms with Gasteiger partial charge in [0.25, 0.3) is 0 Å². The normalized spacial score (nSPS) is 31.4. The zero-order valence-corrected chi connectivity index (χ0v) is 12.3. The molecular weight excluding hydrogens is 234 g/mol. The summed E-state index contributed by atoms with van der Waals surface area (Å²) < 4.78 is 0. The van der Waals surface area contributed by atoms with Crippen molar-refractivity contribution in [3.8, 4) is 0 Å². The summed E-state index contributed by atoms with van der Waals surface area (Å²) in [4.78, 5) is 5.27. The Morgan fingerprint density at radius 3 is 2.16 bits per heavy atom. The largest absolute Gasteiger partial charge is 0.312 e. The molecule has 1 aromatic carbocycles.